The van der Waals surface area contributed by atoms with E-state index in [0.29, 0.717) is 11.5 Å². The Balaban J connectivity index is 2.17. The quantitative estimate of drug-likeness (QED) is 0.853. The molecule has 0 bridgehead atoms. The molecule has 0 radical (unpaired) electrons. The molecule has 0 amide bonds. The van der Waals surface area contributed by atoms with Gasteiger partial charge in [-0.25, -0.2) is 9.37 Å². The van der Waals surface area contributed by atoms with Crippen molar-refractivity contribution in [3.8, 4) is 0 Å². The molecule has 0 saturated heterocycles. The maximum Gasteiger partial charge on any atom is 0.149 e. The van der Waals surface area contributed by atoms with Crippen LogP contribution in [0.15, 0.2) is 42.6 Å². The summed E-state index contributed by atoms with van der Waals surface area (Å²) in [6.45, 7) is 1.93. The Kier molecular flexibility index (Phi) is 3.23. The lowest BCUT2D eigenvalue weighted by atomic mass is 10.1. The fraction of sp³-hybridized carbons (Fsp3) is 0.154. The number of nitrogen functional groups attached to an aromatic ring is 1. The van der Waals surface area contributed by atoms with Crippen molar-refractivity contribution in [1.29, 1.82) is 0 Å². The van der Waals surface area contributed by atoms with E-state index >= 15 is 0 Å². The van der Waals surface area contributed by atoms with Gasteiger partial charge in [-0.3, -0.25) is 0 Å². The van der Waals surface area contributed by atoms with E-state index in [0.717, 1.165) is 5.56 Å². The van der Waals surface area contributed by atoms with Crippen LogP contribution in [0.2, 0.25) is 0 Å². The second-order valence-corrected chi connectivity index (χ2v) is 3.86. The van der Waals surface area contributed by atoms with Gasteiger partial charge in [0.25, 0.3) is 0 Å². The van der Waals surface area contributed by atoms with Gasteiger partial charge in [-0.2, -0.15) is 0 Å². The van der Waals surface area contributed by atoms with E-state index in [4.69, 9.17) is 5.73 Å². The van der Waals surface area contributed by atoms with Crippen LogP contribution in [0.3, 0.4) is 0 Å². The molecular weight excluding hydrogens is 217 g/mol. The molecule has 3 N–H and O–H groups in total. The molecule has 0 spiro atoms. The summed E-state index contributed by atoms with van der Waals surface area (Å²) in [6, 6.07) is 9.95. The molecule has 1 heterocycles. The molecule has 0 fully saturated rings. The van der Waals surface area contributed by atoms with E-state index in [-0.39, 0.29) is 11.9 Å². The van der Waals surface area contributed by atoms with Gasteiger partial charge in [0.1, 0.15) is 11.6 Å². The van der Waals surface area contributed by atoms with Crippen LogP contribution in [0, 0.1) is 5.82 Å². The van der Waals surface area contributed by atoms with Gasteiger partial charge in [-0.05, 0) is 36.8 Å². The molecule has 88 valence electrons. The molecule has 1 atom stereocenters. The smallest absolute Gasteiger partial charge is 0.149 e. The van der Waals surface area contributed by atoms with E-state index in [9.17, 15) is 4.39 Å². The summed E-state index contributed by atoms with van der Waals surface area (Å²) in [7, 11) is 0. The molecule has 4 heteroatoms. The van der Waals surface area contributed by atoms with E-state index in [1.54, 1.807) is 24.4 Å². The van der Waals surface area contributed by atoms with Crippen molar-refractivity contribution in [2.24, 2.45) is 0 Å². The number of hydrogen-bond acceptors (Lipinski definition) is 3. The lowest BCUT2D eigenvalue weighted by molar-refractivity contribution is 0.623. The van der Waals surface area contributed by atoms with E-state index in [1.807, 2.05) is 13.0 Å². The van der Waals surface area contributed by atoms with Gasteiger partial charge >= 0.3 is 0 Å². The maximum atomic E-state index is 13.1. The SMILES string of the molecule is CC(Nc1ncccc1N)c1cccc(F)c1. The van der Waals surface area contributed by atoms with Crippen LogP contribution in [0.4, 0.5) is 15.9 Å². The van der Waals surface area contributed by atoms with E-state index in [2.05, 4.69) is 10.3 Å². The fourth-order valence-electron chi connectivity index (χ4n) is 1.60. The highest BCUT2D eigenvalue weighted by atomic mass is 19.1. The summed E-state index contributed by atoms with van der Waals surface area (Å²) in [6.07, 6.45) is 1.66. The second kappa shape index (κ2) is 4.82. The minimum absolute atomic E-state index is 0.0529. The molecule has 1 aromatic heterocycles. The average Bonchev–Trinajstić information content (AvgIpc) is 2.32. The summed E-state index contributed by atoms with van der Waals surface area (Å²) in [5.41, 5.74) is 7.21. The van der Waals surface area contributed by atoms with Crippen LogP contribution >= 0.6 is 0 Å². The van der Waals surface area contributed by atoms with Gasteiger partial charge in [-0.1, -0.05) is 12.1 Å². The van der Waals surface area contributed by atoms with Crippen molar-refractivity contribution < 1.29 is 4.39 Å². The number of nitrogens with two attached hydrogens (primary N) is 1. The molecule has 0 aliphatic carbocycles. The summed E-state index contributed by atoms with van der Waals surface area (Å²) >= 11 is 0. The first-order valence-electron chi connectivity index (χ1n) is 5.39. The molecular formula is C13H14FN3. The Morgan fingerprint density at radius 2 is 2.12 bits per heavy atom. The van der Waals surface area contributed by atoms with Crippen LogP contribution in [0.5, 0.6) is 0 Å². The Hall–Kier alpha value is -2.10. The van der Waals surface area contributed by atoms with Gasteiger partial charge < -0.3 is 11.1 Å². The van der Waals surface area contributed by atoms with Crippen LogP contribution in [-0.2, 0) is 0 Å². The normalized spacial score (nSPS) is 12.1. The molecule has 1 aromatic carbocycles. The number of halogens is 1. The number of aromatic nitrogens is 1. The lowest BCUT2D eigenvalue weighted by Gasteiger charge is -2.16. The Morgan fingerprint density at radius 3 is 2.82 bits per heavy atom. The molecule has 0 aliphatic rings. The first-order chi connectivity index (χ1) is 8.16. The van der Waals surface area contributed by atoms with Crippen LogP contribution in [0.1, 0.15) is 18.5 Å². The van der Waals surface area contributed by atoms with E-state index < -0.39 is 0 Å². The van der Waals surface area contributed by atoms with Gasteiger partial charge in [0.15, 0.2) is 0 Å². The summed E-state index contributed by atoms with van der Waals surface area (Å²) in [5, 5.41) is 3.15. The second-order valence-electron chi connectivity index (χ2n) is 3.86. The molecule has 0 aliphatic heterocycles. The highest BCUT2D eigenvalue weighted by Crippen LogP contribution is 2.21. The van der Waals surface area contributed by atoms with Crippen LogP contribution < -0.4 is 11.1 Å². The van der Waals surface area contributed by atoms with Gasteiger partial charge in [-0.15, -0.1) is 0 Å². The highest BCUT2D eigenvalue weighted by molar-refractivity contribution is 5.61. The average molecular weight is 231 g/mol. The van der Waals surface area contributed by atoms with Crippen molar-refractivity contribution in [3.05, 3.63) is 54.0 Å². The zero-order valence-corrected chi connectivity index (χ0v) is 9.52. The lowest BCUT2D eigenvalue weighted by Crippen LogP contribution is -2.09. The Bertz CT molecular complexity index is 514. The van der Waals surface area contributed by atoms with Gasteiger partial charge in [0, 0.05) is 6.20 Å². The third-order valence-corrected chi connectivity index (χ3v) is 2.54. The predicted octanol–water partition coefficient (Wildman–Crippen LogP) is 2.98. The van der Waals surface area contributed by atoms with Crippen molar-refractivity contribution >= 4 is 11.5 Å². The Morgan fingerprint density at radius 1 is 1.29 bits per heavy atom. The zero-order chi connectivity index (χ0) is 12.3. The molecule has 17 heavy (non-hydrogen) atoms. The number of anilines is 2. The minimum Gasteiger partial charge on any atom is -0.396 e. The minimum atomic E-state index is -0.245. The van der Waals surface area contributed by atoms with E-state index in [1.165, 1.54) is 12.1 Å². The molecule has 3 nitrogen and oxygen atoms in total. The maximum absolute atomic E-state index is 13.1. The number of nitrogens with one attached hydrogen (secondary N) is 1. The number of pyridine rings is 1. The Labute approximate surface area is 99.5 Å². The van der Waals surface area contributed by atoms with Crippen molar-refractivity contribution in [1.82, 2.24) is 4.98 Å². The van der Waals surface area contributed by atoms with Gasteiger partial charge in [0.2, 0.25) is 0 Å². The van der Waals surface area contributed by atoms with Crippen molar-refractivity contribution in [2.75, 3.05) is 11.1 Å². The number of rotatable bonds is 3. The third-order valence-electron chi connectivity index (χ3n) is 2.54. The first kappa shape index (κ1) is 11.4. The molecule has 2 aromatic rings. The standard InChI is InChI=1S/C13H14FN3/c1-9(10-4-2-5-11(14)8-10)17-13-12(15)6-3-7-16-13/h2-9H,15H2,1H3,(H,16,17). The van der Waals surface area contributed by atoms with Crippen LogP contribution in [0.25, 0.3) is 0 Å². The summed E-state index contributed by atoms with van der Waals surface area (Å²) < 4.78 is 13.1. The molecule has 2 rings (SSSR count). The third kappa shape index (κ3) is 2.72. The summed E-state index contributed by atoms with van der Waals surface area (Å²) in [5.74, 6) is 0.370. The number of benzene rings is 1. The summed E-state index contributed by atoms with van der Waals surface area (Å²) in [4.78, 5) is 4.14. The van der Waals surface area contributed by atoms with Crippen molar-refractivity contribution in [2.45, 2.75) is 13.0 Å². The van der Waals surface area contributed by atoms with Crippen LogP contribution in [-0.4, -0.2) is 4.98 Å². The highest BCUT2D eigenvalue weighted by Gasteiger charge is 2.08. The number of hydrogen-bond donors (Lipinski definition) is 2. The topological polar surface area (TPSA) is 50.9 Å². The number of nitrogens with zero attached hydrogens (tertiary/aromatic N) is 1. The largest absolute Gasteiger partial charge is 0.396 e. The van der Waals surface area contributed by atoms with Gasteiger partial charge in [0.05, 0.1) is 11.7 Å². The first-order valence-corrected chi connectivity index (χ1v) is 5.39. The monoisotopic (exact) mass is 231 g/mol. The predicted molar refractivity (Wildman–Crippen MR) is 67.1 cm³/mol. The van der Waals surface area contributed by atoms with Crippen molar-refractivity contribution in [3.63, 3.8) is 0 Å². The molecule has 1 unspecified atom stereocenters. The zero-order valence-electron chi connectivity index (χ0n) is 9.52. The molecule has 0 saturated carbocycles. The fourth-order valence-corrected chi connectivity index (χ4v) is 1.60.